The third kappa shape index (κ3) is 4.25. The molecule has 0 aromatic heterocycles. The lowest BCUT2D eigenvalue weighted by atomic mass is 9.92. The van der Waals surface area contributed by atoms with E-state index < -0.39 is 0 Å². The Bertz CT molecular complexity index is 725. The zero-order valence-corrected chi connectivity index (χ0v) is 15.0. The molecule has 1 unspecified atom stereocenters. The molecule has 26 heavy (non-hydrogen) atoms. The van der Waals surface area contributed by atoms with Crippen LogP contribution in [0.15, 0.2) is 48.5 Å². The lowest BCUT2D eigenvalue weighted by molar-refractivity contribution is 0.300. The predicted octanol–water partition coefficient (Wildman–Crippen LogP) is 4.12. The van der Waals surface area contributed by atoms with Crippen LogP contribution in [0.1, 0.15) is 49.1 Å². The van der Waals surface area contributed by atoms with Crippen molar-refractivity contribution in [3.63, 3.8) is 0 Å². The number of hydrogen-bond acceptors (Lipinski definition) is 3. The lowest BCUT2D eigenvalue weighted by Crippen LogP contribution is -2.38. The average Bonchev–Trinajstić information content (AvgIpc) is 3.43. The Labute approximate surface area is 154 Å². The molecular weight excluding hydrogens is 327 g/mol. The van der Waals surface area contributed by atoms with Crippen LogP contribution < -0.4 is 15.8 Å². The average molecular weight is 354 g/mol. The summed E-state index contributed by atoms with van der Waals surface area (Å²) >= 11 is 0. The van der Waals surface area contributed by atoms with Gasteiger partial charge in [-0.25, -0.2) is 4.39 Å². The van der Waals surface area contributed by atoms with Gasteiger partial charge in [-0.15, -0.1) is 0 Å². The summed E-state index contributed by atoms with van der Waals surface area (Å²) in [4.78, 5) is 0. The highest BCUT2D eigenvalue weighted by Gasteiger charge is 2.39. The smallest absolute Gasteiger partial charge is 0.129 e. The fourth-order valence-corrected chi connectivity index (χ4v) is 3.92. The minimum absolute atomic E-state index is 0.223. The maximum Gasteiger partial charge on any atom is 0.129 e. The van der Waals surface area contributed by atoms with Crippen molar-refractivity contribution in [1.29, 1.82) is 0 Å². The van der Waals surface area contributed by atoms with Crippen molar-refractivity contribution < 1.29 is 9.13 Å². The minimum atomic E-state index is -0.223. The molecule has 0 spiro atoms. The van der Waals surface area contributed by atoms with Crippen LogP contribution in [0.2, 0.25) is 0 Å². The lowest BCUT2D eigenvalue weighted by Gasteiger charge is -2.27. The molecule has 2 atom stereocenters. The van der Waals surface area contributed by atoms with E-state index in [9.17, 15) is 4.39 Å². The van der Waals surface area contributed by atoms with Crippen molar-refractivity contribution >= 4 is 0 Å². The van der Waals surface area contributed by atoms with E-state index >= 15 is 0 Å². The standard InChI is InChI=1S/C22H27FN2O/c23-21-4-2-1-3-16(21)14-26-19-11-5-15(6-12-19)20-13-22(20)25-18-9-7-17(24)8-10-18/h1-6,11-12,17-18,20,22,25H,7-10,13-14,24H2/t17?,18?,20?,22-/m0/s1. The summed E-state index contributed by atoms with van der Waals surface area (Å²) in [6.07, 6.45) is 5.89. The van der Waals surface area contributed by atoms with Crippen LogP contribution in [0.3, 0.4) is 0 Å². The summed E-state index contributed by atoms with van der Waals surface area (Å²) in [6, 6.07) is 16.6. The summed E-state index contributed by atoms with van der Waals surface area (Å²) < 4.78 is 19.4. The molecule has 2 aromatic carbocycles. The van der Waals surface area contributed by atoms with Gasteiger partial charge in [0.1, 0.15) is 18.2 Å². The van der Waals surface area contributed by atoms with Gasteiger partial charge in [-0.1, -0.05) is 30.3 Å². The van der Waals surface area contributed by atoms with Crippen molar-refractivity contribution in [2.75, 3.05) is 0 Å². The molecule has 0 bridgehead atoms. The molecule has 2 aliphatic rings. The largest absolute Gasteiger partial charge is 0.489 e. The number of nitrogens with one attached hydrogen (secondary N) is 1. The number of halogens is 1. The summed E-state index contributed by atoms with van der Waals surface area (Å²) in [5, 5.41) is 3.80. The van der Waals surface area contributed by atoms with Crippen molar-refractivity contribution in [2.45, 2.75) is 62.8 Å². The van der Waals surface area contributed by atoms with Gasteiger partial charge < -0.3 is 15.8 Å². The van der Waals surface area contributed by atoms with Crippen molar-refractivity contribution in [1.82, 2.24) is 5.32 Å². The zero-order chi connectivity index (χ0) is 17.9. The Morgan fingerprint density at radius 3 is 2.46 bits per heavy atom. The van der Waals surface area contributed by atoms with E-state index in [1.54, 1.807) is 12.1 Å². The number of benzene rings is 2. The highest BCUT2D eigenvalue weighted by atomic mass is 19.1. The van der Waals surface area contributed by atoms with Crippen LogP contribution in [0.4, 0.5) is 4.39 Å². The molecule has 3 nitrogen and oxygen atoms in total. The Kier molecular flexibility index (Phi) is 5.23. The van der Waals surface area contributed by atoms with Crippen LogP contribution in [-0.2, 0) is 6.61 Å². The van der Waals surface area contributed by atoms with E-state index in [4.69, 9.17) is 10.5 Å². The van der Waals surface area contributed by atoms with Gasteiger partial charge in [0.2, 0.25) is 0 Å². The van der Waals surface area contributed by atoms with Crippen LogP contribution in [-0.4, -0.2) is 18.1 Å². The first-order chi connectivity index (χ1) is 12.7. The molecule has 0 heterocycles. The number of nitrogens with two attached hydrogens (primary N) is 1. The molecule has 138 valence electrons. The quantitative estimate of drug-likeness (QED) is 0.820. The van der Waals surface area contributed by atoms with Gasteiger partial charge >= 0.3 is 0 Å². The number of rotatable bonds is 6. The van der Waals surface area contributed by atoms with Crippen molar-refractivity contribution in [3.8, 4) is 5.75 Å². The van der Waals surface area contributed by atoms with Crippen molar-refractivity contribution in [2.24, 2.45) is 5.73 Å². The first-order valence-electron chi connectivity index (χ1n) is 9.67. The second kappa shape index (κ2) is 7.77. The highest BCUT2D eigenvalue weighted by molar-refractivity contribution is 5.34. The fourth-order valence-electron chi connectivity index (χ4n) is 3.92. The second-order valence-electron chi connectivity index (χ2n) is 7.68. The van der Waals surface area contributed by atoms with E-state index in [1.165, 1.54) is 30.9 Å². The Morgan fingerprint density at radius 2 is 1.73 bits per heavy atom. The van der Waals surface area contributed by atoms with Crippen molar-refractivity contribution in [3.05, 3.63) is 65.5 Å². The molecule has 0 radical (unpaired) electrons. The second-order valence-corrected chi connectivity index (χ2v) is 7.68. The molecule has 3 N–H and O–H groups in total. The molecule has 0 aliphatic heterocycles. The van der Waals surface area contributed by atoms with Gasteiger partial charge in [0, 0.05) is 29.6 Å². The number of ether oxygens (including phenoxy) is 1. The van der Waals surface area contributed by atoms with Crippen LogP contribution in [0.25, 0.3) is 0 Å². The zero-order valence-electron chi connectivity index (χ0n) is 15.0. The molecule has 2 fully saturated rings. The molecule has 2 aliphatic carbocycles. The van der Waals surface area contributed by atoms with E-state index in [0.717, 1.165) is 18.6 Å². The normalized spacial score (nSPS) is 27.9. The molecule has 0 saturated heterocycles. The topological polar surface area (TPSA) is 47.3 Å². The maximum absolute atomic E-state index is 13.6. The Morgan fingerprint density at radius 1 is 1.00 bits per heavy atom. The fraction of sp³-hybridized carbons (Fsp3) is 0.455. The molecule has 4 heteroatoms. The molecule has 2 aromatic rings. The Hall–Kier alpha value is -1.91. The summed E-state index contributed by atoms with van der Waals surface area (Å²) in [5.74, 6) is 1.16. The van der Waals surface area contributed by atoms with Gasteiger partial charge in [-0.05, 0) is 55.9 Å². The highest BCUT2D eigenvalue weighted by Crippen LogP contribution is 2.42. The first kappa shape index (κ1) is 17.5. The SMILES string of the molecule is NC1CCC(N[C@H]2CC2c2ccc(OCc3ccccc3F)cc2)CC1. The molecular formula is C22H27FN2O. The molecule has 2 saturated carbocycles. The third-order valence-electron chi connectivity index (χ3n) is 5.67. The van der Waals surface area contributed by atoms with E-state index in [0.29, 0.717) is 29.6 Å². The van der Waals surface area contributed by atoms with Gasteiger partial charge in [0.05, 0.1) is 0 Å². The molecule has 4 rings (SSSR count). The predicted molar refractivity (Wildman–Crippen MR) is 102 cm³/mol. The van der Waals surface area contributed by atoms with Crippen LogP contribution >= 0.6 is 0 Å². The van der Waals surface area contributed by atoms with Crippen LogP contribution in [0.5, 0.6) is 5.75 Å². The Balaban J connectivity index is 1.27. The minimum Gasteiger partial charge on any atom is -0.489 e. The van der Waals surface area contributed by atoms with Crippen LogP contribution in [0, 0.1) is 5.82 Å². The van der Waals surface area contributed by atoms with Gasteiger partial charge in [-0.2, -0.15) is 0 Å². The maximum atomic E-state index is 13.6. The van der Waals surface area contributed by atoms with E-state index in [1.807, 2.05) is 18.2 Å². The molecule has 0 amide bonds. The summed E-state index contributed by atoms with van der Waals surface area (Å²) in [5.41, 5.74) is 7.92. The van der Waals surface area contributed by atoms with E-state index in [2.05, 4.69) is 17.4 Å². The first-order valence-corrected chi connectivity index (χ1v) is 9.67. The monoisotopic (exact) mass is 354 g/mol. The third-order valence-corrected chi connectivity index (χ3v) is 5.67. The van der Waals surface area contributed by atoms with E-state index in [-0.39, 0.29) is 12.4 Å². The van der Waals surface area contributed by atoms with Gasteiger partial charge in [0.25, 0.3) is 0 Å². The summed E-state index contributed by atoms with van der Waals surface area (Å²) in [6.45, 7) is 0.253. The van der Waals surface area contributed by atoms with Gasteiger partial charge in [0.15, 0.2) is 0 Å². The van der Waals surface area contributed by atoms with Gasteiger partial charge in [-0.3, -0.25) is 0 Å². The number of hydrogen-bond donors (Lipinski definition) is 2. The summed E-state index contributed by atoms with van der Waals surface area (Å²) in [7, 11) is 0.